The zero-order chi connectivity index (χ0) is 29.8. The molecule has 2 fully saturated rings. The van der Waals surface area contributed by atoms with E-state index in [1.165, 1.54) is 12.1 Å². The molecule has 2 saturated heterocycles. The molecule has 43 heavy (non-hydrogen) atoms. The van der Waals surface area contributed by atoms with Crippen LogP contribution in [0.15, 0.2) is 84.0 Å². The monoisotopic (exact) mass is 599 g/mol. The number of benzene rings is 3. The molecule has 0 spiro atoms. The lowest BCUT2D eigenvalue weighted by Crippen LogP contribution is -2.44. The molecule has 0 saturated carbocycles. The number of pyridine rings is 1. The summed E-state index contributed by atoms with van der Waals surface area (Å²) in [6.45, 7) is 4.90. The van der Waals surface area contributed by atoms with Gasteiger partial charge in [-0.3, -0.25) is 9.12 Å². The van der Waals surface area contributed by atoms with Crippen LogP contribution in [-0.4, -0.2) is 59.9 Å². The van der Waals surface area contributed by atoms with Crippen LogP contribution in [-0.2, 0) is 14.9 Å². The second kappa shape index (κ2) is 10.6. The van der Waals surface area contributed by atoms with Gasteiger partial charge in [0.05, 0.1) is 53.0 Å². The number of imidazole rings is 1. The molecule has 0 amide bonds. The van der Waals surface area contributed by atoms with E-state index in [9.17, 15) is 13.0 Å². The predicted octanol–water partition coefficient (Wildman–Crippen LogP) is 4.90. The molecule has 2 aromatic heterocycles. The standard InChI is InChI=1S/C32H33N5O5S/c1-32(17-41-18-32)19-42-24-8-11-27-26(16-24)34-20-37(27)30-12-7-22-3-2-4-28(31(22)35-30)36-14-13-23(33)15-29(36)21-5-9-25(10-6-21)43(38,39)40/h2-12,16,20,23,29H,13-15,17-19,33H2,1H3,(H,38,39,40). The topological polar surface area (TPSA) is 133 Å². The summed E-state index contributed by atoms with van der Waals surface area (Å²) in [4.78, 5) is 12.0. The van der Waals surface area contributed by atoms with Gasteiger partial charge >= 0.3 is 0 Å². The molecule has 0 bridgehead atoms. The summed E-state index contributed by atoms with van der Waals surface area (Å²) >= 11 is 0. The molecule has 2 aliphatic rings. The highest BCUT2D eigenvalue weighted by molar-refractivity contribution is 7.85. The SMILES string of the molecule is CC1(COc2ccc3c(c2)ncn3-c2ccc3cccc(N4CCC(N)CC4c4ccc(S(=O)(=O)O)cc4)c3n2)COC1. The number of hydrogen-bond acceptors (Lipinski definition) is 8. The highest BCUT2D eigenvalue weighted by Crippen LogP contribution is 2.38. The van der Waals surface area contributed by atoms with Gasteiger partial charge in [0.25, 0.3) is 10.1 Å². The van der Waals surface area contributed by atoms with Crippen molar-refractivity contribution in [1.82, 2.24) is 14.5 Å². The first-order valence-electron chi connectivity index (χ1n) is 14.3. The van der Waals surface area contributed by atoms with E-state index in [2.05, 4.69) is 28.9 Å². The van der Waals surface area contributed by atoms with Crippen molar-refractivity contribution in [3.8, 4) is 11.6 Å². The minimum absolute atomic E-state index is 0.0112. The van der Waals surface area contributed by atoms with E-state index in [0.717, 1.165) is 57.7 Å². The highest BCUT2D eigenvalue weighted by atomic mass is 32.2. The fourth-order valence-corrected chi connectivity index (χ4v) is 6.48. The summed E-state index contributed by atoms with van der Waals surface area (Å²) in [6, 6.07) is 22.4. The van der Waals surface area contributed by atoms with Crippen molar-refractivity contribution in [2.45, 2.75) is 36.7 Å². The number of rotatable bonds is 7. The van der Waals surface area contributed by atoms with Gasteiger partial charge < -0.3 is 20.1 Å². The summed E-state index contributed by atoms with van der Waals surface area (Å²) in [7, 11) is -4.28. The summed E-state index contributed by atoms with van der Waals surface area (Å²) in [5.41, 5.74) is 11.0. The van der Waals surface area contributed by atoms with Gasteiger partial charge in [-0.15, -0.1) is 0 Å². The quantitative estimate of drug-likeness (QED) is 0.251. The van der Waals surface area contributed by atoms with Crippen LogP contribution >= 0.6 is 0 Å². The number of ether oxygens (including phenoxy) is 2. The van der Waals surface area contributed by atoms with Gasteiger partial charge in [-0.1, -0.05) is 31.2 Å². The molecule has 3 N–H and O–H groups in total. The number of nitrogens with zero attached hydrogens (tertiary/aromatic N) is 4. The molecule has 5 aromatic rings. The third-order valence-corrected chi connectivity index (χ3v) is 9.32. The average Bonchev–Trinajstić information content (AvgIpc) is 3.41. The molecule has 222 valence electrons. The minimum Gasteiger partial charge on any atom is -0.493 e. The van der Waals surface area contributed by atoms with Crippen molar-refractivity contribution in [2.75, 3.05) is 31.3 Å². The fourth-order valence-electron chi connectivity index (χ4n) is 6.00. The van der Waals surface area contributed by atoms with Crippen molar-refractivity contribution in [3.63, 3.8) is 0 Å². The first-order chi connectivity index (χ1) is 20.7. The lowest BCUT2D eigenvalue weighted by atomic mass is 9.90. The number of nitrogens with two attached hydrogens (primary N) is 1. The number of fused-ring (bicyclic) bond motifs is 2. The van der Waals surface area contributed by atoms with Crippen LogP contribution < -0.4 is 15.4 Å². The van der Waals surface area contributed by atoms with Crippen LogP contribution in [0.4, 0.5) is 5.69 Å². The van der Waals surface area contributed by atoms with Crippen LogP contribution in [0.5, 0.6) is 5.75 Å². The molecule has 2 atom stereocenters. The average molecular weight is 600 g/mol. The molecular weight excluding hydrogens is 566 g/mol. The number of aromatic nitrogens is 3. The van der Waals surface area contributed by atoms with Gasteiger partial charge in [0.2, 0.25) is 0 Å². The van der Waals surface area contributed by atoms with E-state index in [-0.39, 0.29) is 22.4 Å². The van der Waals surface area contributed by atoms with E-state index < -0.39 is 10.1 Å². The summed E-state index contributed by atoms with van der Waals surface area (Å²) in [6.07, 6.45) is 3.30. The molecule has 0 aliphatic carbocycles. The van der Waals surface area contributed by atoms with Crippen molar-refractivity contribution in [3.05, 3.63) is 84.7 Å². The molecule has 11 heteroatoms. The van der Waals surface area contributed by atoms with E-state index in [1.54, 1.807) is 18.5 Å². The lowest BCUT2D eigenvalue weighted by molar-refractivity contribution is -0.120. The smallest absolute Gasteiger partial charge is 0.294 e. The van der Waals surface area contributed by atoms with Crippen molar-refractivity contribution in [2.24, 2.45) is 11.1 Å². The van der Waals surface area contributed by atoms with Gasteiger partial charge in [0, 0.05) is 29.5 Å². The molecule has 2 aliphatic heterocycles. The first kappa shape index (κ1) is 27.8. The van der Waals surface area contributed by atoms with Gasteiger partial charge in [-0.25, -0.2) is 9.97 Å². The fraction of sp³-hybridized carbons (Fsp3) is 0.312. The normalized spacial score (nSPS) is 20.3. The van der Waals surface area contributed by atoms with Crippen LogP contribution in [0.3, 0.4) is 0 Å². The Morgan fingerprint density at radius 2 is 1.91 bits per heavy atom. The zero-order valence-electron chi connectivity index (χ0n) is 23.8. The maximum absolute atomic E-state index is 11.6. The third kappa shape index (κ3) is 5.33. The molecule has 0 radical (unpaired) electrons. The Hall–Kier alpha value is -4.03. The van der Waals surface area contributed by atoms with E-state index >= 15 is 0 Å². The molecular formula is C32H33N5O5S. The first-order valence-corrected chi connectivity index (χ1v) is 15.8. The number of anilines is 1. The van der Waals surface area contributed by atoms with E-state index in [1.807, 2.05) is 41.0 Å². The Kier molecular flexibility index (Phi) is 6.85. The predicted molar refractivity (Wildman–Crippen MR) is 164 cm³/mol. The van der Waals surface area contributed by atoms with Crippen molar-refractivity contribution >= 4 is 37.7 Å². The van der Waals surface area contributed by atoms with Crippen LogP contribution in [0, 0.1) is 5.41 Å². The number of piperidine rings is 1. The second-order valence-electron chi connectivity index (χ2n) is 11.9. The number of hydrogen-bond donors (Lipinski definition) is 2. The summed E-state index contributed by atoms with van der Waals surface area (Å²) < 4.78 is 46.0. The second-order valence-corrected chi connectivity index (χ2v) is 13.3. The summed E-state index contributed by atoms with van der Waals surface area (Å²) in [5, 5.41) is 1.00. The van der Waals surface area contributed by atoms with Gasteiger partial charge in [-0.2, -0.15) is 8.42 Å². The number of para-hydroxylation sites is 1. The zero-order valence-corrected chi connectivity index (χ0v) is 24.6. The molecule has 3 aromatic carbocycles. The van der Waals surface area contributed by atoms with Crippen molar-refractivity contribution < 1.29 is 22.4 Å². The van der Waals surface area contributed by atoms with Crippen LogP contribution in [0.2, 0.25) is 0 Å². The van der Waals surface area contributed by atoms with Crippen molar-refractivity contribution in [1.29, 1.82) is 0 Å². The Balaban J connectivity index is 1.23. The van der Waals surface area contributed by atoms with Gasteiger partial charge in [-0.05, 0) is 60.9 Å². The van der Waals surface area contributed by atoms with Gasteiger partial charge in [0.1, 0.15) is 17.9 Å². The molecule has 7 rings (SSSR count). The largest absolute Gasteiger partial charge is 0.493 e. The van der Waals surface area contributed by atoms with E-state index in [4.69, 9.17) is 20.2 Å². The Labute approximate surface area is 249 Å². The Bertz CT molecular complexity index is 1920. The third-order valence-electron chi connectivity index (χ3n) is 8.45. The van der Waals surface area contributed by atoms with Crippen LogP contribution in [0.1, 0.15) is 31.4 Å². The lowest BCUT2D eigenvalue weighted by Gasteiger charge is -2.40. The molecule has 4 heterocycles. The van der Waals surface area contributed by atoms with Crippen LogP contribution in [0.25, 0.3) is 27.8 Å². The maximum atomic E-state index is 11.6. The maximum Gasteiger partial charge on any atom is 0.294 e. The Morgan fingerprint density at radius 3 is 2.65 bits per heavy atom. The molecule has 2 unspecified atom stereocenters. The summed E-state index contributed by atoms with van der Waals surface area (Å²) in [5.74, 6) is 1.52. The van der Waals surface area contributed by atoms with E-state index in [0.29, 0.717) is 26.2 Å². The highest BCUT2D eigenvalue weighted by Gasteiger charge is 2.34. The molecule has 10 nitrogen and oxygen atoms in total. The Morgan fingerprint density at radius 1 is 1.09 bits per heavy atom. The van der Waals surface area contributed by atoms with Gasteiger partial charge in [0.15, 0.2) is 0 Å². The minimum atomic E-state index is -4.28.